The number of fused-ring (bicyclic) bond motifs is 1. The number of hydrogen-bond donors (Lipinski definition) is 0. The van der Waals surface area contributed by atoms with Crippen molar-refractivity contribution >= 4 is 23.2 Å². The quantitative estimate of drug-likeness (QED) is 0.726. The van der Waals surface area contributed by atoms with Crippen molar-refractivity contribution in [2.75, 3.05) is 19.7 Å². The summed E-state index contributed by atoms with van der Waals surface area (Å²) in [6.45, 7) is 8.30. The molecule has 0 aromatic carbocycles. The lowest BCUT2D eigenvalue weighted by molar-refractivity contribution is -0.143. The van der Waals surface area contributed by atoms with Crippen LogP contribution in [0.25, 0.3) is 11.2 Å². The lowest BCUT2D eigenvalue weighted by Gasteiger charge is -2.33. The molecule has 0 atom stereocenters. The third-order valence-corrected chi connectivity index (χ3v) is 4.79. The van der Waals surface area contributed by atoms with E-state index >= 15 is 0 Å². The fourth-order valence-electron chi connectivity index (χ4n) is 3.57. The van der Waals surface area contributed by atoms with Crippen molar-refractivity contribution in [1.82, 2.24) is 19.0 Å². The van der Waals surface area contributed by atoms with Gasteiger partial charge in [0.1, 0.15) is 12.1 Å². The maximum absolute atomic E-state index is 13.1. The Morgan fingerprint density at radius 2 is 1.93 bits per heavy atom. The zero-order valence-corrected chi connectivity index (χ0v) is 17.4. The molecule has 0 bridgehead atoms. The number of carbonyl (C=O) groups excluding carboxylic acids is 2. The van der Waals surface area contributed by atoms with Crippen molar-refractivity contribution in [3.05, 3.63) is 28.8 Å². The molecule has 1 aliphatic rings. The highest BCUT2D eigenvalue weighted by atomic mass is 16.6. The summed E-state index contributed by atoms with van der Waals surface area (Å²) in [5, 5.41) is 0. The number of carbonyl (C=O) groups is 2. The third-order valence-electron chi connectivity index (χ3n) is 4.79. The highest BCUT2D eigenvalue weighted by Crippen LogP contribution is 2.26. The minimum Gasteiger partial charge on any atom is -0.465 e. The Labute approximate surface area is 169 Å². The van der Waals surface area contributed by atoms with Gasteiger partial charge in [-0.05, 0) is 52.7 Å². The van der Waals surface area contributed by atoms with Gasteiger partial charge in [-0.15, -0.1) is 0 Å². The predicted molar refractivity (Wildman–Crippen MR) is 107 cm³/mol. The maximum atomic E-state index is 13.1. The Bertz CT molecular complexity index is 948. The summed E-state index contributed by atoms with van der Waals surface area (Å²) in [7, 11) is 0. The van der Waals surface area contributed by atoms with Gasteiger partial charge < -0.3 is 14.4 Å². The molecule has 1 saturated heterocycles. The van der Waals surface area contributed by atoms with Crippen molar-refractivity contribution in [2.24, 2.45) is 0 Å². The minimum atomic E-state index is -0.545. The van der Waals surface area contributed by atoms with Crippen LogP contribution in [0, 0.1) is 0 Å². The molecule has 1 fully saturated rings. The van der Waals surface area contributed by atoms with Gasteiger partial charge in [0, 0.05) is 25.3 Å². The van der Waals surface area contributed by atoms with Gasteiger partial charge in [0.05, 0.1) is 12.1 Å². The summed E-state index contributed by atoms with van der Waals surface area (Å²) < 4.78 is 13.5. The van der Waals surface area contributed by atoms with Crippen molar-refractivity contribution in [1.29, 1.82) is 0 Å². The van der Waals surface area contributed by atoms with Crippen LogP contribution in [0.2, 0.25) is 0 Å². The van der Waals surface area contributed by atoms with Crippen LogP contribution in [0.3, 0.4) is 0 Å². The summed E-state index contributed by atoms with van der Waals surface area (Å²) in [5.74, 6) is -0.473. The molecule has 0 saturated carbocycles. The number of pyridine rings is 1. The number of amides is 1. The van der Waals surface area contributed by atoms with Crippen molar-refractivity contribution in [3.63, 3.8) is 0 Å². The van der Waals surface area contributed by atoms with E-state index in [1.165, 1.54) is 4.57 Å². The highest BCUT2D eigenvalue weighted by Gasteiger charge is 2.30. The molecule has 1 amide bonds. The molecular weight excluding hydrogens is 376 g/mol. The number of aromatic nitrogens is 3. The number of hydrogen-bond acceptors (Lipinski definition) is 6. The van der Waals surface area contributed by atoms with Crippen LogP contribution >= 0.6 is 0 Å². The van der Waals surface area contributed by atoms with Crippen LogP contribution < -0.4 is 5.69 Å². The number of likely N-dealkylation sites (tertiary alicyclic amines) is 1. The van der Waals surface area contributed by atoms with E-state index in [1.54, 1.807) is 28.7 Å². The van der Waals surface area contributed by atoms with Crippen LogP contribution in [-0.4, -0.2) is 56.4 Å². The van der Waals surface area contributed by atoms with Gasteiger partial charge in [-0.2, -0.15) is 0 Å². The summed E-state index contributed by atoms with van der Waals surface area (Å²) >= 11 is 0. The molecule has 0 unspecified atom stereocenters. The van der Waals surface area contributed by atoms with E-state index in [1.807, 2.05) is 26.8 Å². The van der Waals surface area contributed by atoms with E-state index in [0.29, 0.717) is 37.1 Å². The molecule has 9 heteroatoms. The average Bonchev–Trinajstić information content (AvgIpc) is 2.93. The first-order valence-electron chi connectivity index (χ1n) is 9.90. The lowest BCUT2D eigenvalue weighted by atomic mass is 10.1. The van der Waals surface area contributed by atoms with E-state index in [4.69, 9.17) is 9.47 Å². The molecular formula is C20H28N4O5. The molecule has 0 N–H and O–H groups in total. The second kappa shape index (κ2) is 8.26. The van der Waals surface area contributed by atoms with Gasteiger partial charge in [0.2, 0.25) is 0 Å². The van der Waals surface area contributed by atoms with Gasteiger partial charge in [-0.1, -0.05) is 0 Å². The Morgan fingerprint density at radius 3 is 2.55 bits per heavy atom. The fraction of sp³-hybridized carbons (Fsp3) is 0.600. The van der Waals surface area contributed by atoms with Crippen LogP contribution in [0.1, 0.15) is 46.6 Å². The summed E-state index contributed by atoms with van der Waals surface area (Å²) in [6, 6.07) is 3.50. The Morgan fingerprint density at radius 1 is 1.24 bits per heavy atom. The van der Waals surface area contributed by atoms with Crippen LogP contribution in [0.4, 0.5) is 4.79 Å². The molecule has 29 heavy (non-hydrogen) atoms. The van der Waals surface area contributed by atoms with E-state index in [-0.39, 0.29) is 31.0 Å². The topological polar surface area (TPSA) is 95.7 Å². The third kappa shape index (κ3) is 4.60. The molecule has 2 aromatic rings. The van der Waals surface area contributed by atoms with Crippen molar-refractivity contribution < 1.29 is 19.1 Å². The van der Waals surface area contributed by atoms with Crippen LogP contribution in [0.5, 0.6) is 0 Å². The number of ether oxygens (including phenoxy) is 2. The summed E-state index contributed by atoms with van der Waals surface area (Å²) in [6.07, 6.45) is 2.49. The molecule has 0 radical (unpaired) electrons. The van der Waals surface area contributed by atoms with E-state index < -0.39 is 11.6 Å². The van der Waals surface area contributed by atoms with Gasteiger partial charge in [0.25, 0.3) is 0 Å². The van der Waals surface area contributed by atoms with E-state index in [0.717, 1.165) is 0 Å². The summed E-state index contributed by atoms with van der Waals surface area (Å²) in [4.78, 5) is 43.3. The molecule has 0 spiro atoms. The highest BCUT2D eigenvalue weighted by molar-refractivity contribution is 5.75. The second-order valence-corrected chi connectivity index (χ2v) is 8.09. The first-order chi connectivity index (χ1) is 13.7. The minimum absolute atomic E-state index is 0.0867. The average molecular weight is 404 g/mol. The van der Waals surface area contributed by atoms with Gasteiger partial charge in [-0.25, -0.2) is 14.6 Å². The zero-order valence-electron chi connectivity index (χ0n) is 17.4. The summed E-state index contributed by atoms with van der Waals surface area (Å²) in [5.41, 5.74) is 0.303. The Kier molecular flexibility index (Phi) is 5.95. The van der Waals surface area contributed by atoms with Crippen molar-refractivity contribution in [3.8, 4) is 0 Å². The Balaban J connectivity index is 1.82. The fourth-order valence-corrected chi connectivity index (χ4v) is 3.57. The van der Waals surface area contributed by atoms with Gasteiger partial charge in [0.15, 0.2) is 5.65 Å². The number of piperidine rings is 1. The van der Waals surface area contributed by atoms with E-state index in [9.17, 15) is 14.4 Å². The SMILES string of the molecule is CCOC(=O)Cn1c(=O)n(C2CCN(C(=O)OC(C)(C)C)CC2)c2cccnc21. The molecule has 3 rings (SSSR count). The number of imidazole rings is 1. The van der Waals surface area contributed by atoms with Crippen LogP contribution in [0.15, 0.2) is 23.1 Å². The molecule has 9 nitrogen and oxygen atoms in total. The number of rotatable bonds is 4. The lowest BCUT2D eigenvalue weighted by Crippen LogP contribution is -2.43. The standard InChI is InChI=1S/C20H28N4O5/c1-5-28-16(25)13-23-17-15(7-6-10-21-17)24(18(23)26)14-8-11-22(12-9-14)19(27)29-20(2,3)4/h6-7,10,14H,5,8-9,11-13H2,1-4H3. The first-order valence-corrected chi connectivity index (χ1v) is 9.90. The Hall–Kier alpha value is -2.84. The molecule has 2 aromatic heterocycles. The molecule has 3 heterocycles. The largest absolute Gasteiger partial charge is 0.465 e. The van der Waals surface area contributed by atoms with Gasteiger partial charge in [-0.3, -0.25) is 13.9 Å². The molecule has 158 valence electrons. The van der Waals surface area contributed by atoms with Crippen molar-refractivity contribution in [2.45, 2.75) is 58.7 Å². The molecule has 1 aliphatic heterocycles. The van der Waals surface area contributed by atoms with E-state index in [2.05, 4.69) is 4.98 Å². The zero-order chi connectivity index (χ0) is 21.2. The smallest absolute Gasteiger partial charge is 0.410 e. The first kappa shape index (κ1) is 20.9. The normalized spacial score (nSPS) is 15.5. The van der Waals surface area contributed by atoms with Crippen LogP contribution in [-0.2, 0) is 20.8 Å². The number of esters is 1. The molecule has 0 aliphatic carbocycles. The second-order valence-electron chi connectivity index (χ2n) is 8.09. The maximum Gasteiger partial charge on any atom is 0.410 e. The van der Waals surface area contributed by atoms with Gasteiger partial charge >= 0.3 is 17.8 Å². The monoisotopic (exact) mass is 404 g/mol. The number of nitrogens with zero attached hydrogens (tertiary/aromatic N) is 4. The predicted octanol–water partition coefficient (Wildman–Crippen LogP) is 2.33.